The molecule has 1 heterocycles. The Morgan fingerprint density at radius 1 is 1.24 bits per heavy atom. The molecule has 0 bridgehead atoms. The molecule has 0 aliphatic rings. The van der Waals surface area contributed by atoms with E-state index < -0.39 is 0 Å². The van der Waals surface area contributed by atoms with E-state index in [-0.39, 0.29) is 10.6 Å². The van der Waals surface area contributed by atoms with E-state index in [1.165, 1.54) is 10.9 Å². The summed E-state index contributed by atoms with van der Waals surface area (Å²) in [5, 5.41) is 0. The van der Waals surface area contributed by atoms with E-state index in [4.69, 9.17) is 0 Å². The molecule has 0 saturated heterocycles. The van der Waals surface area contributed by atoms with Gasteiger partial charge in [-0.05, 0) is 47.1 Å². The maximum atomic E-state index is 13.8. The van der Waals surface area contributed by atoms with Gasteiger partial charge in [0.2, 0.25) is 0 Å². The van der Waals surface area contributed by atoms with E-state index in [9.17, 15) is 4.39 Å². The van der Waals surface area contributed by atoms with Gasteiger partial charge in [0.05, 0.1) is 4.83 Å². The van der Waals surface area contributed by atoms with E-state index in [0.29, 0.717) is 5.56 Å². The van der Waals surface area contributed by atoms with Crippen molar-refractivity contribution < 1.29 is 4.39 Å². The Kier molecular flexibility index (Phi) is 4.45. The van der Waals surface area contributed by atoms with Crippen LogP contribution in [0.3, 0.4) is 0 Å². The van der Waals surface area contributed by atoms with Crippen molar-refractivity contribution in [3.63, 3.8) is 0 Å². The quantitative estimate of drug-likeness (QED) is 0.485. The Labute approximate surface area is 129 Å². The third kappa shape index (κ3) is 3.00. The van der Waals surface area contributed by atoms with Crippen molar-refractivity contribution in [2.45, 2.75) is 11.8 Å². The summed E-state index contributed by atoms with van der Waals surface area (Å²) in [6.07, 6.45) is 0. The number of thiophene rings is 1. The first-order valence-corrected chi connectivity index (χ1v) is 8.15. The minimum Gasteiger partial charge on any atom is -0.207 e. The summed E-state index contributed by atoms with van der Waals surface area (Å²) in [5.74, 6) is -0.201. The number of halogens is 4. The Hall–Kier alpha value is 0.290. The van der Waals surface area contributed by atoms with Crippen molar-refractivity contribution in [1.82, 2.24) is 0 Å². The number of rotatable bonds is 2. The fourth-order valence-electron chi connectivity index (χ4n) is 1.52. The van der Waals surface area contributed by atoms with Gasteiger partial charge in [-0.15, -0.1) is 11.3 Å². The average molecular weight is 443 g/mol. The van der Waals surface area contributed by atoms with Gasteiger partial charge >= 0.3 is 0 Å². The summed E-state index contributed by atoms with van der Waals surface area (Å²) in [6.45, 7) is 2.04. The monoisotopic (exact) mass is 440 g/mol. The van der Waals surface area contributed by atoms with Crippen molar-refractivity contribution in [1.29, 1.82) is 0 Å². The van der Waals surface area contributed by atoms with Gasteiger partial charge in [0.25, 0.3) is 0 Å². The molecule has 0 fully saturated rings. The zero-order valence-electron chi connectivity index (χ0n) is 8.81. The molecule has 0 aliphatic heterocycles. The fraction of sp³-hybridized carbons (Fsp3) is 0.167. The van der Waals surface area contributed by atoms with Crippen molar-refractivity contribution in [2.24, 2.45) is 0 Å². The van der Waals surface area contributed by atoms with Crippen LogP contribution >= 0.6 is 59.1 Å². The van der Waals surface area contributed by atoms with Gasteiger partial charge in [-0.1, -0.05) is 31.9 Å². The zero-order chi connectivity index (χ0) is 12.6. The molecule has 0 aliphatic carbocycles. The Bertz CT molecular complexity index is 551. The van der Waals surface area contributed by atoms with E-state index >= 15 is 0 Å². The number of hydrogen-bond donors (Lipinski definition) is 0. The van der Waals surface area contributed by atoms with Gasteiger partial charge in [0.1, 0.15) is 5.82 Å². The second kappa shape index (κ2) is 5.51. The number of aryl methyl sites for hydroxylation is 1. The second-order valence-corrected chi connectivity index (χ2v) is 7.57. The summed E-state index contributed by atoms with van der Waals surface area (Å²) >= 11 is 12.1. The van der Waals surface area contributed by atoms with Gasteiger partial charge < -0.3 is 0 Å². The molecule has 0 amide bonds. The van der Waals surface area contributed by atoms with Gasteiger partial charge in [-0.25, -0.2) is 4.39 Å². The molecule has 0 radical (unpaired) electrons. The Morgan fingerprint density at radius 3 is 2.53 bits per heavy atom. The van der Waals surface area contributed by atoms with Crippen molar-refractivity contribution in [3.05, 3.63) is 54.3 Å². The molecule has 1 atom stereocenters. The van der Waals surface area contributed by atoms with Crippen LogP contribution in [0.15, 0.2) is 33.2 Å². The minimum atomic E-state index is -0.201. The fourth-order valence-corrected chi connectivity index (χ4v) is 4.97. The first kappa shape index (κ1) is 13.7. The van der Waals surface area contributed by atoms with Crippen LogP contribution in [-0.4, -0.2) is 0 Å². The first-order valence-electron chi connectivity index (χ1n) is 4.84. The van der Waals surface area contributed by atoms with Crippen molar-refractivity contribution >= 4 is 59.1 Å². The third-order valence-electron chi connectivity index (χ3n) is 2.30. The molecular formula is C12H8Br3FS. The van der Waals surface area contributed by atoms with E-state index in [1.807, 2.05) is 13.0 Å². The molecule has 90 valence electrons. The van der Waals surface area contributed by atoms with Crippen LogP contribution in [-0.2, 0) is 0 Å². The largest absolute Gasteiger partial charge is 0.207 e. The zero-order valence-corrected chi connectivity index (χ0v) is 14.4. The van der Waals surface area contributed by atoms with Gasteiger partial charge in [0.15, 0.2) is 0 Å². The molecule has 2 rings (SSSR count). The Balaban J connectivity index is 2.46. The van der Waals surface area contributed by atoms with Crippen LogP contribution in [0.25, 0.3) is 0 Å². The van der Waals surface area contributed by atoms with Crippen LogP contribution in [0.2, 0.25) is 0 Å². The third-order valence-corrected chi connectivity index (χ3v) is 6.08. The van der Waals surface area contributed by atoms with E-state index in [1.54, 1.807) is 23.5 Å². The molecular weight excluding hydrogens is 435 g/mol. The lowest BCUT2D eigenvalue weighted by Crippen LogP contribution is -1.95. The van der Waals surface area contributed by atoms with Crippen LogP contribution in [0, 0.1) is 12.7 Å². The van der Waals surface area contributed by atoms with Crippen LogP contribution in [0.4, 0.5) is 4.39 Å². The van der Waals surface area contributed by atoms with Crippen LogP contribution in [0.5, 0.6) is 0 Å². The first-order chi connectivity index (χ1) is 7.99. The van der Waals surface area contributed by atoms with Gasteiger partial charge in [-0.2, -0.15) is 0 Å². The number of benzene rings is 1. The smallest absolute Gasteiger partial charge is 0.127 e. The van der Waals surface area contributed by atoms with E-state index in [2.05, 4.69) is 47.8 Å². The molecule has 2 aromatic rings. The topological polar surface area (TPSA) is 0 Å². The minimum absolute atomic E-state index is 0.131. The summed E-state index contributed by atoms with van der Waals surface area (Å²) in [5.41, 5.74) is 0.641. The molecule has 5 heteroatoms. The van der Waals surface area contributed by atoms with Gasteiger partial charge in [-0.3, -0.25) is 0 Å². The predicted molar refractivity (Wildman–Crippen MR) is 81.6 cm³/mol. The Morgan fingerprint density at radius 2 is 1.94 bits per heavy atom. The summed E-state index contributed by atoms with van der Waals surface area (Å²) in [7, 11) is 0. The van der Waals surface area contributed by atoms with Crippen LogP contribution in [0.1, 0.15) is 20.1 Å². The van der Waals surface area contributed by atoms with Crippen molar-refractivity contribution in [3.8, 4) is 0 Å². The highest BCUT2D eigenvalue weighted by atomic mass is 79.9. The normalized spacial score (nSPS) is 12.8. The standard InChI is InChI=1S/C12H8Br3FS/c1-6-4-9(14)12(17-6)11(15)8-5-7(13)2-3-10(8)16/h2-5,11H,1H3. The molecule has 1 unspecified atom stereocenters. The lowest BCUT2D eigenvalue weighted by Gasteiger charge is -2.10. The number of alkyl halides is 1. The highest BCUT2D eigenvalue weighted by Crippen LogP contribution is 2.41. The molecule has 1 aromatic heterocycles. The van der Waals surface area contributed by atoms with E-state index in [0.717, 1.165) is 13.8 Å². The van der Waals surface area contributed by atoms with Gasteiger partial charge in [0, 0.05) is 24.3 Å². The SMILES string of the molecule is Cc1cc(Br)c(C(Br)c2cc(Br)ccc2F)s1. The maximum Gasteiger partial charge on any atom is 0.127 e. The summed E-state index contributed by atoms with van der Waals surface area (Å²) < 4.78 is 15.7. The lowest BCUT2D eigenvalue weighted by atomic mass is 10.1. The summed E-state index contributed by atoms with van der Waals surface area (Å²) in [6, 6.07) is 7.02. The molecule has 0 N–H and O–H groups in total. The molecule has 0 spiro atoms. The maximum absolute atomic E-state index is 13.8. The highest BCUT2D eigenvalue weighted by molar-refractivity contribution is 9.11. The molecule has 0 saturated carbocycles. The molecule has 1 aromatic carbocycles. The average Bonchev–Trinajstić information content (AvgIpc) is 2.60. The summed E-state index contributed by atoms with van der Waals surface area (Å²) in [4.78, 5) is 2.15. The molecule has 17 heavy (non-hydrogen) atoms. The van der Waals surface area contributed by atoms with Crippen molar-refractivity contribution in [2.75, 3.05) is 0 Å². The highest BCUT2D eigenvalue weighted by Gasteiger charge is 2.19. The molecule has 0 nitrogen and oxygen atoms in total. The number of hydrogen-bond acceptors (Lipinski definition) is 1. The predicted octanol–water partition coefficient (Wildman–Crippen LogP) is 6.20. The lowest BCUT2D eigenvalue weighted by molar-refractivity contribution is 0.613. The van der Waals surface area contributed by atoms with Crippen LogP contribution < -0.4 is 0 Å². The second-order valence-electron chi connectivity index (χ2n) is 3.60.